The molecule has 8 saturated carbocycles. The molecular weight excluding hydrogens is 601 g/mol. The maximum atomic E-state index is 2.46. The summed E-state index contributed by atoms with van der Waals surface area (Å²) in [5.41, 5.74) is 13.5. The van der Waals surface area contributed by atoms with Crippen molar-refractivity contribution in [1.82, 2.24) is 0 Å². The monoisotopic (exact) mass is 662 g/mol. The summed E-state index contributed by atoms with van der Waals surface area (Å²) in [5.74, 6) is 7.73. The van der Waals surface area contributed by atoms with Gasteiger partial charge in [-0.15, -0.1) is 0 Å². The highest BCUT2D eigenvalue weighted by Gasteiger charge is 2.62. The Hall–Kier alpha value is -3.12. The standard InChI is InChI=1S/2C22H22.3C2H6/c2*1-3-7-20-18(5-1)19-6-2-4-8-21(19)22(20)16-10-14-9-15(12-16)13-17(22)11-14;3*1-2/h2*1-8,14-17H,9-13H2;3*1-2H3. The summed E-state index contributed by atoms with van der Waals surface area (Å²) in [6.07, 6.45) is 14.9. The molecule has 0 heterocycles. The van der Waals surface area contributed by atoms with Gasteiger partial charge in [0.15, 0.2) is 0 Å². The lowest BCUT2D eigenvalue weighted by Crippen LogP contribution is -2.55. The normalized spacial score (nSPS) is 31.7. The molecule has 14 rings (SSSR count). The number of benzene rings is 4. The molecule has 0 amide bonds. The van der Waals surface area contributed by atoms with E-state index in [0.29, 0.717) is 10.8 Å². The van der Waals surface area contributed by atoms with Crippen LogP contribution in [0.15, 0.2) is 97.1 Å². The summed E-state index contributed by atoms with van der Waals surface area (Å²) in [7, 11) is 0. The second-order valence-corrected chi connectivity index (χ2v) is 16.5. The van der Waals surface area contributed by atoms with E-state index in [9.17, 15) is 0 Å². The molecular formula is C50H62. The van der Waals surface area contributed by atoms with Crippen LogP contribution in [0, 0.1) is 47.3 Å². The lowest BCUT2D eigenvalue weighted by molar-refractivity contribution is -0.0399. The molecule has 8 bridgehead atoms. The van der Waals surface area contributed by atoms with Crippen LogP contribution >= 0.6 is 0 Å². The predicted octanol–water partition coefficient (Wildman–Crippen LogP) is 13.9. The van der Waals surface area contributed by atoms with Crippen molar-refractivity contribution in [3.63, 3.8) is 0 Å². The van der Waals surface area contributed by atoms with Crippen molar-refractivity contribution in [3.05, 3.63) is 119 Å². The number of hydrogen-bond acceptors (Lipinski definition) is 0. The van der Waals surface area contributed by atoms with E-state index in [4.69, 9.17) is 0 Å². The average molecular weight is 663 g/mol. The van der Waals surface area contributed by atoms with Gasteiger partial charge >= 0.3 is 0 Å². The average Bonchev–Trinajstić information content (AvgIpc) is 3.64. The van der Waals surface area contributed by atoms with Gasteiger partial charge in [-0.25, -0.2) is 0 Å². The fraction of sp³-hybridized carbons (Fsp3) is 0.520. The summed E-state index contributed by atoms with van der Waals surface area (Å²) in [6.45, 7) is 12.0. The fourth-order valence-electron chi connectivity index (χ4n) is 14.2. The summed E-state index contributed by atoms with van der Waals surface area (Å²) in [4.78, 5) is 0. The molecule has 8 fully saturated rings. The minimum atomic E-state index is 0.362. The van der Waals surface area contributed by atoms with E-state index in [2.05, 4.69) is 97.1 Å². The molecule has 4 aromatic carbocycles. The molecule has 10 aliphatic rings. The van der Waals surface area contributed by atoms with E-state index in [0.717, 1.165) is 47.3 Å². The molecule has 0 nitrogen and oxygen atoms in total. The fourth-order valence-corrected chi connectivity index (χ4v) is 14.2. The third-order valence-corrected chi connectivity index (χ3v) is 14.9. The van der Waals surface area contributed by atoms with Gasteiger partial charge in [0.2, 0.25) is 0 Å². The molecule has 0 saturated heterocycles. The van der Waals surface area contributed by atoms with Crippen molar-refractivity contribution in [2.75, 3.05) is 0 Å². The summed E-state index contributed by atoms with van der Waals surface area (Å²) >= 11 is 0. The first-order valence-electron chi connectivity index (χ1n) is 21.1. The van der Waals surface area contributed by atoms with Crippen molar-refractivity contribution in [2.45, 2.75) is 117 Å². The van der Waals surface area contributed by atoms with E-state index in [1.54, 1.807) is 22.3 Å². The Balaban J connectivity index is 0.000000126. The first kappa shape index (κ1) is 34.0. The zero-order chi connectivity index (χ0) is 34.6. The number of fused-ring (bicyclic) bond motifs is 6. The predicted molar refractivity (Wildman–Crippen MR) is 213 cm³/mol. The van der Waals surface area contributed by atoms with Gasteiger partial charge in [-0.1, -0.05) is 139 Å². The molecule has 10 aliphatic carbocycles. The van der Waals surface area contributed by atoms with E-state index in [-0.39, 0.29) is 0 Å². The van der Waals surface area contributed by atoms with Crippen LogP contribution in [0.4, 0.5) is 0 Å². The number of hydrogen-bond donors (Lipinski definition) is 0. The van der Waals surface area contributed by atoms with Gasteiger partial charge in [-0.05, 0) is 156 Å². The molecule has 0 N–H and O–H groups in total. The Morgan fingerprint density at radius 3 is 0.720 bits per heavy atom. The van der Waals surface area contributed by atoms with Gasteiger partial charge in [0, 0.05) is 10.8 Å². The van der Waals surface area contributed by atoms with Crippen LogP contribution in [-0.4, -0.2) is 0 Å². The van der Waals surface area contributed by atoms with Crippen molar-refractivity contribution >= 4 is 0 Å². The molecule has 50 heavy (non-hydrogen) atoms. The van der Waals surface area contributed by atoms with E-state index in [1.165, 1.54) is 86.5 Å². The molecule has 4 aromatic rings. The lowest BCUT2D eigenvalue weighted by Gasteiger charge is -2.61. The van der Waals surface area contributed by atoms with Crippen LogP contribution in [-0.2, 0) is 10.8 Å². The Morgan fingerprint density at radius 2 is 0.500 bits per heavy atom. The molecule has 0 heteroatoms. The van der Waals surface area contributed by atoms with Crippen molar-refractivity contribution in [3.8, 4) is 22.3 Å². The van der Waals surface area contributed by atoms with Gasteiger partial charge in [-0.2, -0.15) is 0 Å². The minimum absolute atomic E-state index is 0.362. The van der Waals surface area contributed by atoms with Crippen LogP contribution in [0.25, 0.3) is 22.3 Å². The lowest BCUT2D eigenvalue weighted by atomic mass is 9.43. The van der Waals surface area contributed by atoms with Crippen LogP contribution in [0.2, 0.25) is 0 Å². The summed E-state index contributed by atoms with van der Waals surface area (Å²) < 4.78 is 0. The van der Waals surface area contributed by atoms with E-state index < -0.39 is 0 Å². The van der Waals surface area contributed by atoms with Gasteiger partial charge in [0.05, 0.1) is 0 Å². The van der Waals surface area contributed by atoms with Crippen LogP contribution in [0.3, 0.4) is 0 Å². The molecule has 0 unspecified atom stereocenters. The van der Waals surface area contributed by atoms with Crippen LogP contribution in [0.1, 0.15) is 128 Å². The highest BCUT2D eigenvalue weighted by Crippen LogP contribution is 2.70. The van der Waals surface area contributed by atoms with Crippen molar-refractivity contribution in [1.29, 1.82) is 0 Å². The second-order valence-electron chi connectivity index (χ2n) is 16.5. The third-order valence-electron chi connectivity index (χ3n) is 14.9. The zero-order valence-electron chi connectivity index (χ0n) is 31.9. The van der Waals surface area contributed by atoms with Gasteiger partial charge in [0.25, 0.3) is 0 Å². The zero-order valence-corrected chi connectivity index (χ0v) is 31.9. The molecule has 0 atom stereocenters. The topological polar surface area (TPSA) is 0 Å². The van der Waals surface area contributed by atoms with Crippen LogP contribution < -0.4 is 0 Å². The number of rotatable bonds is 0. The van der Waals surface area contributed by atoms with Crippen molar-refractivity contribution in [2.24, 2.45) is 47.3 Å². The molecule has 0 radical (unpaired) electrons. The van der Waals surface area contributed by atoms with Crippen LogP contribution in [0.5, 0.6) is 0 Å². The third kappa shape index (κ3) is 4.61. The molecule has 262 valence electrons. The van der Waals surface area contributed by atoms with E-state index >= 15 is 0 Å². The Morgan fingerprint density at radius 1 is 0.300 bits per heavy atom. The highest BCUT2D eigenvalue weighted by atomic mass is 14.7. The maximum Gasteiger partial charge on any atom is 0.0271 e. The van der Waals surface area contributed by atoms with Gasteiger partial charge < -0.3 is 0 Å². The quantitative estimate of drug-likeness (QED) is 0.176. The Kier molecular flexibility index (Phi) is 9.15. The molecule has 2 spiro atoms. The second kappa shape index (κ2) is 13.5. The maximum absolute atomic E-state index is 2.46. The Bertz CT molecular complexity index is 1520. The highest BCUT2D eigenvalue weighted by molar-refractivity contribution is 5.83. The van der Waals surface area contributed by atoms with E-state index in [1.807, 2.05) is 41.5 Å². The first-order valence-corrected chi connectivity index (χ1v) is 21.1. The SMILES string of the molecule is CC.CC.CC.c1ccc2c(c1)-c1ccccc1C21C2CC3CC(C2)CC1C3.c1ccc2c(c1)-c1ccccc1C21C2CC3CC(C2)CC1C3. The smallest absolute Gasteiger partial charge is 0.0271 e. The molecule has 0 aliphatic heterocycles. The molecule has 0 aromatic heterocycles. The minimum Gasteiger partial charge on any atom is -0.0683 e. The van der Waals surface area contributed by atoms with Crippen molar-refractivity contribution < 1.29 is 0 Å². The summed E-state index contributed by atoms with van der Waals surface area (Å²) in [5, 5.41) is 0. The Labute approximate surface area is 304 Å². The first-order chi connectivity index (χ1) is 24.7. The van der Waals surface area contributed by atoms with Gasteiger partial charge in [-0.3, -0.25) is 0 Å². The largest absolute Gasteiger partial charge is 0.0683 e. The van der Waals surface area contributed by atoms with Gasteiger partial charge in [0.1, 0.15) is 0 Å². The summed E-state index contributed by atoms with van der Waals surface area (Å²) in [6, 6.07) is 37.3.